The summed E-state index contributed by atoms with van der Waals surface area (Å²) in [4.78, 5) is 0. The fraction of sp³-hybridized carbons (Fsp3) is 0. The lowest BCUT2D eigenvalue weighted by molar-refractivity contribution is 0.457. The van der Waals surface area contributed by atoms with Crippen LogP contribution in [-0.4, -0.2) is 0 Å². The van der Waals surface area contributed by atoms with Gasteiger partial charge in [-0.1, -0.05) is 12.1 Å². The molecule has 0 radical (unpaired) electrons. The molecule has 0 spiro atoms. The molecule has 1 aliphatic rings. The Bertz CT molecular complexity index is 349. The fourth-order valence-corrected chi connectivity index (χ4v) is 1.06. The summed E-state index contributed by atoms with van der Waals surface area (Å²) in [5.41, 5.74) is 0.902. The molecule has 0 bridgehead atoms. The van der Waals surface area contributed by atoms with Crippen LogP contribution >= 0.6 is 0 Å². The van der Waals surface area contributed by atoms with Crippen molar-refractivity contribution < 1.29 is 4.74 Å². The van der Waals surface area contributed by atoms with Gasteiger partial charge in [-0.05, 0) is 12.1 Å². The van der Waals surface area contributed by atoms with Crippen LogP contribution in [0.3, 0.4) is 0 Å². The Kier molecular flexibility index (Phi) is 1.45. The van der Waals surface area contributed by atoms with Crippen LogP contribution in [0, 0.1) is 11.3 Å². The van der Waals surface area contributed by atoms with Crippen molar-refractivity contribution >= 4 is 5.69 Å². The van der Waals surface area contributed by atoms with E-state index in [0.717, 1.165) is 11.4 Å². The maximum atomic E-state index is 8.36. The van der Waals surface area contributed by atoms with Crippen LogP contribution in [0.1, 0.15) is 0 Å². The van der Waals surface area contributed by atoms with Gasteiger partial charge < -0.3 is 10.1 Å². The number of anilines is 1. The number of nitrogens with one attached hydrogen (secondary N) is 1. The number of nitriles is 1. The van der Waals surface area contributed by atoms with Gasteiger partial charge in [-0.2, -0.15) is 5.26 Å². The first-order valence-electron chi connectivity index (χ1n) is 3.54. The molecule has 3 nitrogen and oxygen atoms in total. The van der Waals surface area contributed by atoms with Gasteiger partial charge in [-0.3, -0.25) is 0 Å². The molecule has 0 unspecified atom stereocenters. The van der Waals surface area contributed by atoms with Crippen molar-refractivity contribution in [1.82, 2.24) is 0 Å². The molecular formula is C9H6N2O. The Labute approximate surface area is 69.9 Å². The second kappa shape index (κ2) is 2.59. The summed E-state index contributed by atoms with van der Waals surface area (Å²) in [5, 5.41) is 11.3. The van der Waals surface area contributed by atoms with Crippen molar-refractivity contribution in [2.24, 2.45) is 0 Å². The first-order chi connectivity index (χ1) is 5.90. The van der Waals surface area contributed by atoms with Crippen LogP contribution < -0.4 is 10.1 Å². The number of ether oxygens (including phenoxy) is 1. The summed E-state index contributed by atoms with van der Waals surface area (Å²) in [6, 6.07) is 9.43. The molecule has 1 aliphatic heterocycles. The number of allylic oxidation sites excluding steroid dienone is 1. The molecule has 1 N–H and O–H groups in total. The maximum absolute atomic E-state index is 8.36. The van der Waals surface area contributed by atoms with E-state index in [-0.39, 0.29) is 0 Å². The van der Waals surface area contributed by atoms with E-state index in [2.05, 4.69) is 5.32 Å². The van der Waals surface area contributed by atoms with E-state index in [4.69, 9.17) is 10.00 Å². The zero-order valence-corrected chi connectivity index (χ0v) is 6.24. The minimum Gasteiger partial charge on any atom is -0.438 e. The number of fused-ring (bicyclic) bond motifs is 1. The predicted octanol–water partition coefficient (Wildman–Crippen LogP) is 1.86. The zero-order valence-electron chi connectivity index (χ0n) is 6.24. The van der Waals surface area contributed by atoms with E-state index in [1.165, 1.54) is 6.08 Å². The van der Waals surface area contributed by atoms with Gasteiger partial charge in [0, 0.05) is 0 Å². The highest BCUT2D eigenvalue weighted by Gasteiger charge is 2.14. The van der Waals surface area contributed by atoms with Gasteiger partial charge in [-0.25, -0.2) is 0 Å². The van der Waals surface area contributed by atoms with Crippen molar-refractivity contribution in [3.8, 4) is 11.8 Å². The van der Waals surface area contributed by atoms with Gasteiger partial charge in [0.25, 0.3) is 0 Å². The van der Waals surface area contributed by atoms with Crippen molar-refractivity contribution in [2.45, 2.75) is 0 Å². The first kappa shape index (κ1) is 6.74. The molecule has 1 aromatic rings. The Hall–Kier alpha value is -1.95. The third-order valence-corrected chi connectivity index (χ3v) is 1.56. The third kappa shape index (κ3) is 0.995. The molecule has 2 rings (SSSR count). The molecule has 0 atom stereocenters. The number of para-hydroxylation sites is 2. The highest BCUT2D eigenvalue weighted by Crippen LogP contribution is 2.32. The Morgan fingerprint density at radius 3 is 3.00 bits per heavy atom. The largest absolute Gasteiger partial charge is 0.438 e. The van der Waals surface area contributed by atoms with Gasteiger partial charge in [0.2, 0.25) is 5.88 Å². The highest BCUT2D eigenvalue weighted by molar-refractivity contribution is 5.63. The molecule has 58 valence electrons. The second-order valence-corrected chi connectivity index (χ2v) is 2.36. The van der Waals surface area contributed by atoms with Crippen LogP contribution in [0.15, 0.2) is 36.2 Å². The molecule has 1 aromatic carbocycles. The Morgan fingerprint density at radius 1 is 1.42 bits per heavy atom. The lowest BCUT2D eigenvalue weighted by Gasteiger charge is -1.92. The Morgan fingerprint density at radius 2 is 2.25 bits per heavy atom. The lowest BCUT2D eigenvalue weighted by atomic mass is 10.3. The molecule has 3 heteroatoms. The smallest absolute Gasteiger partial charge is 0.208 e. The average Bonchev–Trinajstić information content (AvgIpc) is 2.47. The predicted molar refractivity (Wildman–Crippen MR) is 44.4 cm³/mol. The normalized spacial score (nSPS) is 16.1. The van der Waals surface area contributed by atoms with Crippen molar-refractivity contribution in [1.29, 1.82) is 5.26 Å². The van der Waals surface area contributed by atoms with E-state index in [0.29, 0.717) is 5.88 Å². The second-order valence-electron chi connectivity index (χ2n) is 2.36. The van der Waals surface area contributed by atoms with Gasteiger partial charge in [-0.15, -0.1) is 0 Å². The number of hydrogen-bond donors (Lipinski definition) is 1. The molecule has 0 aliphatic carbocycles. The summed E-state index contributed by atoms with van der Waals surface area (Å²) in [6.07, 6.45) is 1.33. The quantitative estimate of drug-likeness (QED) is 0.586. The van der Waals surface area contributed by atoms with Crippen LogP contribution in [0.4, 0.5) is 5.69 Å². The number of rotatable bonds is 0. The fourth-order valence-electron chi connectivity index (χ4n) is 1.06. The van der Waals surface area contributed by atoms with E-state index < -0.39 is 0 Å². The maximum Gasteiger partial charge on any atom is 0.208 e. The minimum absolute atomic E-state index is 0.485. The third-order valence-electron chi connectivity index (χ3n) is 1.56. The number of benzene rings is 1. The average molecular weight is 158 g/mol. The molecule has 1 heterocycles. The summed E-state index contributed by atoms with van der Waals surface area (Å²) in [5.74, 6) is 1.25. The molecule has 0 saturated heterocycles. The van der Waals surface area contributed by atoms with Gasteiger partial charge in [0.05, 0.1) is 17.8 Å². The SMILES string of the molecule is N#CC=C1Nc2ccccc2O1. The lowest BCUT2D eigenvalue weighted by Crippen LogP contribution is -1.94. The van der Waals surface area contributed by atoms with E-state index in [9.17, 15) is 0 Å². The summed E-state index contributed by atoms with van der Waals surface area (Å²) >= 11 is 0. The topological polar surface area (TPSA) is 45.0 Å². The van der Waals surface area contributed by atoms with Gasteiger partial charge in [0.1, 0.15) is 0 Å². The molecule has 0 aromatic heterocycles. The number of hydrogen-bond acceptors (Lipinski definition) is 3. The molecule has 0 saturated carbocycles. The molecule has 12 heavy (non-hydrogen) atoms. The van der Waals surface area contributed by atoms with Crippen LogP contribution in [0.2, 0.25) is 0 Å². The monoisotopic (exact) mass is 158 g/mol. The van der Waals surface area contributed by atoms with Gasteiger partial charge in [0.15, 0.2) is 5.75 Å². The molecular weight excluding hydrogens is 152 g/mol. The van der Waals surface area contributed by atoms with Crippen LogP contribution in [0.25, 0.3) is 0 Å². The molecule has 0 amide bonds. The van der Waals surface area contributed by atoms with Crippen molar-refractivity contribution in [2.75, 3.05) is 5.32 Å². The van der Waals surface area contributed by atoms with Gasteiger partial charge >= 0.3 is 0 Å². The molecule has 0 fully saturated rings. The van der Waals surface area contributed by atoms with Crippen LogP contribution in [-0.2, 0) is 0 Å². The zero-order chi connectivity index (χ0) is 8.39. The van der Waals surface area contributed by atoms with E-state index in [1.54, 1.807) is 0 Å². The van der Waals surface area contributed by atoms with Crippen LogP contribution in [0.5, 0.6) is 5.75 Å². The Balaban J connectivity index is 2.35. The van der Waals surface area contributed by atoms with Crippen molar-refractivity contribution in [3.63, 3.8) is 0 Å². The summed E-state index contributed by atoms with van der Waals surface area (Å²) < 4.78 is 5.27. The van der Waals surface area contributed by atoms with E-state index >= 15 is 0 Å². The summed E-state index contributed by atoms with van der Waals surface area (Å²) in [6.45, 7) is 0. The minimum atomic E-state index is 0.485. The first-order valence-corrected chi connectivity index (χ1v) is 3.54. The standard InChI is InChI=1S/C9H6N2O/c10-6-5-9-11-7-3-1-2-4-8(7)12-9/h1-5,11H. The summed E-state index contributed by atoms with van der Waals surface area (Å²) in [7, 11) is 0. The van der Waals surface area contributed by atoms with Crippen molar-refractivity contribution in [3.05, 3.63) is 36.2 Å². The van der Waals surface area contributed by atoms with E-state index in [1.807, 2.05) is 30.3 Å². The number of nitrogens with zero attached hydrogens (tertiary/aromatic N) is 1. The highest BCUT2D eigenvalue weighted by atomic mass is 16.5.